The van der Waals surface area contributed by atoms with Crippen molar-refractivity contribution < 1.29 is 13.9 Å². The number of amides is 1. The zero-order chi connectivity index (χ0) is 19.0. The van der Waals surface area contributed by atoms with E-state index < -0.39 is 0 Å². The number of hydrogen-bond acceptors (Lipinski definition) is 6. The molecule has 3 aromatic heterocycles. The minimum atomic E-state index is -0.239. The Morgan fingerprint density at radius 2 is 2.26 bits per heavy atom. The summed E-state index contributed by atoms with van der Waals surface area (Å²) >= 11 is 1.34. The number of rotatable bonds is 5. The first-order valence-electron chi connectivity index (χ1n) is 8.48. The third-order valence-corrected chi connectivity index (χ3v) is 4.88. The van der Waals surface area contributed by atoms with Gasteiger partial charge in [0.2, 0.25) is 0 Å². The van der Waals surface area contributed by atoms with E-state index in [1.54, 1.807) is 17.9 Å². The fourth-order valence-corrected chi connectivity index (χ4v) is 3.60. The number of anilines is 1. The fourth-order valence-electron chi connectivity index (χ4n) is 2.91. The molecule has 1 aromatic carbocycles. The van der Waals surface area contributed by atoms with Gasteiger partial charge in [-0.25, -0.2) is 4.98 Å². The normalized spacial score (nSPS) is 11.1. The molecule has 0 atom stereocenters. The van der Waals surface area contributed by atoms with E-state index in [0.717, 1.165) is 10.9 Å². The molecule has 0 aliphatic carbocycles. The lowest BCUT2D eigenvalue weighted by Gasteiger charge is -2.03. The lowest BCUT2D eigenvalue weighted by Crippen LogP contribution is -2.17. The molecule has 0 spiro atoms. The molecule has 0 aliphatic rings. The van der Waals surface area contributed by atoms with Gasteiger partial charge in [0.15, 0.2) is 22.2 Å². The summed E-state index contributed by atoms with van der Waals surface area (Å²) in [6.07, 6.45) is 1.66. The Morgan fingerprint density at radius 3 is 3.00 bits per heavy atom. The van der Waals surface area contributed by atoms with Crippen LogP contribution in [0.4, 0.5) is 5.13 Å². The quantitative estimate of drug-likeness (QED) is 0.558. The molecule has 0 fully saturated rings. The van der Waals surface area contributed by atoms with Crippen molar-refractivity contribution in [3.63, 3.8) is 0 Å². The summed E-state index contributed by atoms with van der Waals surface area (Å²) in [5.41, 5.74) is 2.68. The molecule has 4 aromatic rings. The van der Waals surface area contributed by atoms with Crippen LogP contribution in [0.3, 0.4) is 0 Å². The molecule has 0 saturated heterocycles. The first-order valence-corrected chi connectivity index (χ1v) is 9.36. The third-order valence-electron chi connectivity index (χ3n) is 4.12. The van der Waals surface area contributed by atoms with Crippen LogP contribution in [0.5, 0.6) is 5.75 Å². The van der Waals surface area contributed by atoms with Gasteiger partial charge in [0.05, 0.1) is 12.8 Å². The smallest absolute Gasteiger partial charge is 0.275 e. The van der Waals surface area contributed by atoms with E-state index in [9.17, 15) is 4.79 Å². The van der Waals surface area contributed by atoms with E-state index in [0.29, 0.717) is 40.2 Å². The zero-order valence-corrected chi connectivity index (χ0v) is 16.0. The predicted octanol–water partition coefficient (Wildman–Crippen LogP) is 4.25. The lowest BCUT2D eigenvalue weighted by molar-refractivity contribution is 0.101. The molecule has 0 aliphatic heterocycles. The van der Waals surface area contributed by atoms with Crippen molar-refractivity contribution in [1.82, 2.24) is 14.8 Å². The molecule has 4 rings (SSSR count). The summed E-state index contributed by atoms with van der Waals surface area (Å²) in [6, 6.07) is 7.69. The number of fused-ring (bicyclic) bond motifs is 1. The minimum Gasteiger partial charge on any atom is -0.490 e. The molecular weight excluding hydrogens is 364 g/mol. The van der Waals surface area contributed by atoms with Crippen LogP contribution in [0.15, 0.2) is 40.3 Å². The Morgan fingerprint density at radius 1 is 1.41 bits per heavy atom. The molecule has 0 saturated carbocycles. The number of aromatic nitrogens is 3. The largest absolute Gasteiger partial charge is 0.490 e. The van der Waals surface area contributed by atoms with Crippen LogP contribution in [-0.2, 0) is 7.05 Å². The van der Waals surface area contributed by atoms with Crippen molar-refractivity contribution in [3.05, 3.63) is 47.1 Å². The molecule has 3 heterocycles. The second-order valence-corrected chi connectivity index (χ2v) is 6.87. The number of carbonyl (C=O) groups excluding carboxylic acids is 1. The van der Waals surface area contributed by atoms with E-state index >= 15 is 0 Å². The summed E-state index contributed by atoms with van der Waals surface area (Å²) in [7, 11) is 1.74. The summed E-state index contributed by atoms with van der Waals surface area (Å²) in [4.78, 5) is 17.0. The molecule has 0 bridgehead atoms. The van der Waals surface area contributed by atoms with Crippen LogP contribution in [-0.4, -0.2) is 27.3 Å². The van der Waals surface area contributed by atoms with Gasteiger partial charge in [0.1, 0.15) is 11.4 Å². The van der Waals surface area contributed by atoms with E-state index in [4.69, 9.17) is 9.15 Å². The summed E-state index contributed by atoms with van der Waals surface area (Å²) in [5, 5.41) is 10.2. The molecule has 1 N–H and O–H groups in total. The number of aryl methyl sites for hydroxylation is 2. The first kappa shape index (κ1) is 17.3. The van der Waals surface area contributed by atoms with Gasteiger partial charge in [0, 0.05) is 17.8 Å². The molecule has 0 unspecified atom stereocenters. The SMILES string of the molecule is CCOc1cccc2cc(-c3csc(NC(=O)c4c(C)cnn4C)n3)oc12. The fraction of sp³-hybridized carbons (Fsp3) is 0.211. The Bertz CT molecular complexity index is 1110. The number of nitrogens with one attached hydrogen (secondary N) is 1. The molecule has 8 heteroatoms. The van der Waals surface area contributed by atoms with Crippen molar-refractivity contribution in [2.75, 3.05) is 11.9 Å². The van der Waals surface area contributed by atoms with Crippen LogP contribution in [0, 0.1) is 6.92 Å². The van der Waals surface area contributed by atoms with E-state index in [2.05, 4.69) is 15.4 Å². The summed E-state index contributed by atoms with van der Waals surface area (Å²) in [5.74, 6) is 1.10. The number of ether oxygens (including phenoxy) is 1. The first-order chi connectivity index (χ1) is 13.1. The Labute approximate surface area is 159 Å². The van der Waals surface area contributed by atoms with Crippen LogP contribution in [0.1, 0.15) is 23.0 Å². The third kappa shape index (κ3) is 3.19. The van der Waals surface area contributed by atoms with Gasteiger partial charge in [-0.2, -0.15) is 5.10 Å². The number of hydrogen-bond donors (Lipinski definition) is 1. The van der Waals surface area contributed by atoms with Gasteiger partial charge in [0.25, 0.3) is 5.91 Å². The van der Waals surface area contributed by atoms with Crippen molar-refractivity contribution in [2.24, 2.45) is 7.05 Å². The standard InChI is InChI=1S/C19H18N4O3S/c1-4-25-14-7-5-6-12-8-15(26-17(12)14)13-10-27-19(21-13)22-18(24)16-11(2)9-20-23(16)3/h5-10H,4H2,1-3H3,(H,21,22,24). The molecule has 138 valence electrons. The van der Waals surface area contributed by atoms with Crippen LogP contribution in [0.2, 0.25) is 0 Å². The molecular formula is C19H18N4O3S. The van der Waals surface area contributed by atoms with Gasteiger partial charge in [-0.1, -0.05) is 12.1 Å². The van der Waals surface area contributed by atoms with E-state index in [1.165, 1.54) is 11.3 Å². The second kappa shape index (κ2) is 6.88. The summed E-state index contributed by atoms with van der Waals surface area (Å²) in [6.45, 7) is 4.34. The lowest BCUT2D eigenvalue weighted by atomic mass is 10.2. The van der Waals surface area contributed by atoms with E-state index in [1.807, 2.05) is 43.5 Å². The molecule has 7 nitrogen and oxygen atoms in total. The minimum absolute atomic E-state index is 0.239. The highest BCUT2D eigenvalue weighted by Crippen LogP contribution is 2.34. The van der Waals surface area contributed by atoms with Crippen LogP contribution in [0.25, 0.3) is 22.4 Å². The van der Waals surface area contributed by atoms with Gasteiger partial charge < -0.3 is 9.15 Å². The molecule has 27 heavy (non-hydrogen) atoms. The number of carbonyl (C=O) groups is 1. The monoisotopic (exact) mass is 382 g/mol. The van der Waals surface area contributed by atoms with Crippen molar-refractivity contribution >= 4 is 33.3 Å². The predicted molar refractivity (Wildman–Crippen MR) is 104 cm³/mol. The van der Waals surface area contributed by atoms with Crippen molar-refractivity contribution in [1.29, 1.82) is 0 Å². The average molecular weight is 382 g/mol. The molecule has 0 radical (unpaired) electrons. The number of para-hydroxylation sites is 1. The van der Waals surface area contributed by atoms with Crippen LogP contribution >= 0.6 is 11.3 Å². The Balaban J connectivity index is 1.60. The van der Waals surface area contributed by atoms with Crippen molar-refractivity contribution in [2.45, 2.75) is 13.8 Å². The maximum atomic E-state index is 12.5. The van der Waals surface area contributed by atoms with Gasteiger partial charge in [-0.05, 0) is 31.5 Å². The highest BCUT2D eigenvalue weighted by molar-refractivity contribution is 7.14. The Hall–Kier alpha value is -3.13. The van der Waals surface area contributed by atoms with Crippen molar-refractivity contribution in [3.8, 4) is 17.2 Å². The van der Waals surface area contributed by atoms with Crippen LogP contribution < -0.4 is 10.1 Å². The topological polar surface area (TPSA) is 82.2 Å². The van der Waals surface area contributed by atoms with Gasteiger partial charge in [-0.3, -0.25) is 14.8 Å². The van der Waals surface area contributed by atoms with E-state index in [-0.39, 0.29) is 5.91 Å². The van der Waals surface area contributed by atoms with Gasteiger partial charge >= 0.3 is 0 Å². The highest BCUT2D eigenvalue weighted by Gasteiger charge is 2.17. The highest BCUT2D eigenvalue weighted by atomic mass is 32.1. The second-order valence-electron chi connectivity index (χ2n) is 6.01. The number of nitrogens with zero attached hydrogens (tertiary/aromatic N) is 3. The molecule has 1 amide bonds. The maximum absolute atomic E-state index is 12.5. The summed E-state index contributed by atoms with van der Waals surface area (Å²) < 4.78 is 13.1. The maximum Gasteiger partial charge on any atom is 0.275 e. The number of benzene rings is 1. The number of thiazole rings is 1. The Kier molecular flexibility index (Phi) is 4.41. The zero-order valence-electron chi connectivity index (χ0n) is 15.1. The number of furan rings is 1. The average Bonchev–Trinajstić information content (AvgIpc) is 3.34. The van der Waals surface area contributed by atoms with Gasteiger partial charge in [-0.15, -0.1) is 11.3 Å².